The molecule has 0 aliphatic carbocycles. The fraction of sp³-hybridized carbons (Fsp3) is 0.421. The van der Waals surface area contributed by atoms with Gasteiger partial charge in [-0.25, -0.2) is 22.1 Å². The molecule has 3 aromatic rings. The Bertz CT molecular complexity index is 2740. The van der Waals surface area contributed by atoms with Gasteiger partial charge in [-0.15, -0.1) is 0 Å². The van der Waals surface area contributed by atoms with E-state index in [1.54, 1.807) is 6.07 Å². The van der Waals surface area contributed by atoms with Gasteiger partial charge in [0.05, 0.1) is 24.9 Å². The Morgan fingerprint density at radius 2 is 1.70 bits per heavy atom. The number of nitrogens with zero attached hydrogens (tertiary/aromatic N) is 3. The van der Waals surface area contributed by atoms with Gasteiger partial charge in [-0.05, 0) is 55.2 Å². The van der Waals surface area contributed by atoms with Crippen LogP contribution in [0.5, 0.6) is 0 Å². The summed E-state index contributed by atoms with van der Waals surface area (Å²) >= 11 is 0. The van der Waals surface area contributed by atoms with Crippen LogP contribution in [0.3, 0.4) is 0 Å². The second-order valence-corrected chi connectivity index (χ2v) is 21.0. The van der Waals surface area contributed by atoms with Crippen LogP contribution in [0.25, 0.3) is 12.2 Å². The number of aliphatic hydroxyl groups excluding tert-OH is 2. The van der Waals surface area contributed by atoms with Crippen LogP contribution in [0.1, 0.15) is 69.4 Å². The lowest BCUT2D eigenvalue weighted by Crippen LogP contribution is -2.38. The Hall–Kier alpha value is -4.26. The van der Waals surface area contributed by atoms with E-state index in [0.29, 0.717) is 24.1 Å². The number of aliphatic hydroxyl groups is 2. The Labute approximate surface area is 377 Å². The fourth-order valence-electron chi connectivity index (χ4n) is 7.19. The van der Waals surface area contributed by atoms with E-state index in [9.17, 15) is 70.8 Å². The number of aromatic nitrogens is 3. The van der Waals surface area contributed by atoms with Crippen LogP contribution in [0.4, 0.5) is 5.69 Å². The number of phosphoric acid groups is 3. The number of likely N-dealkylation sites (N-methyl/N-ethyl adjacent to an activating group) is 1. The smallest absolute Gasteiger partial charge is 0.330 e. The molecule has 2 aliphatic rings. The number of anilines is 1. The SMILES string of the molecule is CCN1/C(=C/C=C/c2cc[n+](CCCCCC(=O)NC/C=C/c3cn(C4OC(COP(=O)([O-])OP(=O)([O-])OP(=O)([O-])[O-])C(O)C4O)c(=O)[nH]c3=O)cc2)C(C)(C)c2cc(S(=O)(=O)[O-])ccc21. The van der Waals surface area contributed by atoms with Crippen molar-refractivity contribution in [3.63, 3.8) is 0 Å². The molecule has 1 aromatic carbocycles. The highest BCUT2D eigenvalue weighted by atomic mass is 32.2. The van der Waals surface area contributed by atoms with Gasteiger partial charge in [0.15, 0.2) is 18.6 Å². The van der Waals surface area contributed by atoms with Crippen molar-refractivity contribution in [1.29, 1.82) is 0 Å². The topological polar surface area (TPSA) is 369 Å². The maximum atomic E-state index is 12.6. The van der Waals surface area contributed by atoms with Crippen molar-refractivity contribution in [2.24, 2.45) is 0 Å². The monoisotopic (exact) mass is 1000 g/mol. The number of hydrogen-bond acceptors (Lipinski definition) is 20. The predicted molar refractivity (Wildman–Crippen MR) is 223 cm³/mol. The van der Waals surface area contributed by atoms with Crippen molar-refractivity contribution in [2.45, 2.75) is 87.8 Å². The molecule has 0 bridgehead atoms. The molecule has 6 atom stereocenters. The third kappa shape index (κ3) is 13.9. The third-order valence-corrected chi connectivity index (χ3v) is 14.9. The highest BCUT2D eigenvalue weighted by Gasteiger charge is 2.45. The van der Waals surface area contributed by atoms with E-state index in [0.717, 1.165) is 41.5 Å². The molecule has 1 amide bonds. The molecule has 66 heavy (non-hydrogen) atoms. The molecule has 0 radical (unpaired) electrons. The number of allylic oxidation sites excluding steroid dienone is 3. The zero-order chi connectivity index (χ0) is 48.8. The Balaban J connectivity index is 1.04. The van der Waals surface area contributed by atoms with E-state index in [2.05, 4.69) is 23.4 Å². The first kappa shape index (κ1) is 52.7. The van der Waals surface area contributed by atoms with Crippen molar-refractivity contribution in [2.75, 3.05) is 24.6 Å². The summed E-state index contributed by atoms with van der Waals surface area (Å²) in [5.74, 6) is -0.261. The molecule has 4 N–H and O–H groups in total. The van der Waals surface area contributed by atoms with Gasteiger partial charge >= 0.3 is 5.69 Å². The Morgan fingerprint density at radius 3 is 2.35 bits per heavy atom. The summed E-state index contributed by atoms with van der Waals surface area (Å²) in [6, 6.07) is 8.39. The van der Waals surface area contributed by atoms with Gasteiger partial charge in [0.2, 0.25) is 5.91 Å². The minimum Gasteiger partial charge on any atom is -0.790 e. The number of benzene rings is 1. The van der Waals surface area contributed by atoms with Crippen molar-refractivity contribution >= 4 is 57.3 Å². The average Bonchev–Trinajstić information content (AvgIpc) is 3.61. The molecule has 5 rings (SSSR count). The summed E-state index contributed by atoms with van der Waals surface area (Å²) in [5, 5.41) is 23.6. The van der Waals surface area contributed by atoms with Crippen LogP contribution in [-0.4, -0.2) is 76.7 Å². The van der Waals surface area contributed by atoms with E-state index in [-0.39, 0.29) is 29.3 Å². The maximum absolute atomic E-state index is 12.6. The molecule has 1 saturated heterocycles. The minimum atomic E-state index is -6.27. The lowest BCUT2D eigenvalue weighted by molar-refractivity contribution is -0.697. The number of phosphoric ester groups is 1. The number of H-pyrrole nitrogens is 1. The molecule has 0 spiro atoms. The molecule has 1 fully saturated rings. The number of carbonyl (C=O) groups is 1. The quantitative estimate of drug-likeness (QED) is 0.0442. The molecule has 24 nitrogen and oxygen atoms in total. The highest BCUT2D eigenvalue weighted by molar-refractivity contribution is 7.85. The zero-order valence-electron chi connectivity index (χ0n) is 35.4. The average molecular weight is 1000 g/mol. The summed E-state index contributed by atoms with van der Waals surface area (Å²) in [6.45, 7) is 6.07. The summed E-state index contributed by atoms with van der Waals surface area (Å²) in [6.07, 6.45) is 8.31. The molecule has 6 unspecified atom stereocenters. The summed E-state index contributed by atoms with van der Waals surface area (Å²) in [4.78, 5) is 85.6. The van der Waals surface area contributed by atoms with Gasteiger partial charge in [-0.2, -0.15) is 0 Å². The number of carbonyl (C=O) groups excluding carboxylic acids is 1. The van der Waals surface area contributed by atoms with Gasteiger partial charge in [0.1, 0.15) is 35.0 Å². The number of aromatic amines is 1. The first-order valence-corrected chi connectivity index (χ1v) is 25.8. The lowest BCUT2D eigenvalue weighted by atomic mass is 9.83. The Kier molecular flexibility index (Phi) is 17.1. The largest absolute Gasteiger partial charge is 0.790 e. The number of unbranched alkanes of at least 4 members (excludes halogenated alkanes) is 2. The van der Waals surface area contributed by atoms with Gasteiger partial charge < -0.3 is 58.4 Å². The number of rotatable bonds is 21. The van der Waals surface area contributed by atoms with E-state index >= 15 is 0 Å². The maximum Gasteiger partial charge on any atom is 0.330 e. The number of pyridine rings is 1. The number of hydrogen-bond donors (Lipinski definition) is 4. The second kappa shape index (κ2) is 21.4. The molecule has 362 valence electrons. The van der Waals surface area contributed by atoms with Crippen LogP contribution >= 0.6 is 23.5 Å². The molecule has 2 aromatic heterocycles. The van der Waals surface area contributed by atoms with Crippen molar-refractivity contribution in [3.05, 3.63) is 110 Å². The second-order valence-electron chi connectivity index (χ2n) is 15.4. The normalized spacial score (nSPS) is 22.2. The number of ether oxygens (including phenoxy) is 1. The molecule has 0 saturated carbocycles. The first-order chi connectivity index (χ1) is 30.7. The van der Waals surface area contributed by atoms with Crippen molar-refractivity contribution < 1.29 is 83.7 Å². The standard InChI is InChI=1S/C38H50N5O19P3S/c1-4-42-29-15-14-27(66(56,57)58)22-28(29)38(2,3)31(42)12-8-10-25-16-20-41(21-17-25)19-7-5-6-13-32(44)39-18-9-11-26-23-43(37(48)40-35(26)47)36-34(46)33(45)30(60-36)24-59-64(52,53)62-65(54,55)61-63(49,50)51/h8-12,14-17,20-23,30,33-34,36,45-46H,4-7,13,18-19,24H2,1-3H3,(H6-,39,40,44,47,48,49,50,51,52,53,54,55,56,57,58)/p-4/b11-9+. The number of fused-ring (bicyclic) bond motifs is 1. The van der Waals surface area contributed by atoms with E-state index < -0.39 is 81.4 Å². The van der Waals surface area contributed by atoms with Gasteiger partial charge in [0, 0.05) is 61.1 Å². The van der Waals surface area contributed by atoms with Crippen molar-refractivity contribution in [1.82, 2.24) is 14.9 Å². The molecular formula is C38H46N5O19P3S-4. The molecule has 2 aliphatic heterocycles. The van der Waals surface area contributed by atoms with Crippen LogP contribution in [-0.2, 0) is 58.4 Å². The van der Waals surface area contributed by atoms with Crippen molar-refractivity contribution in [3.8, 4) is 0 Å². The van der Waals surface area contributed by atoms with Crippen LogP contribution in [0.15, 0.2) is 87.3 Å². The van der Waals surface area contributed by atoms with Crippen LogP contribution in [0, 0.1) is 0 Å². The summed E-state index contributed by atoms with van der Waals surface area (Å²) in [7, 11) is -23.1. The number of amides is 1. The van der Waals surface area contributed by atoms with Gasteiger partial charge in [-0.1, -0.05) is 38.2 Å². The number of nitrogens with one attached hydrogen (secondary N) is 2. The highest BCUT2D eigenvalue weighted by Crippen LogP contribution is 2.60. The predicted octanol–water partition coefficient (Wildman–Crippen LogP) is -0.732. The van der Waals surface area contributed by atoms with E-state index in [4.69, 9.17) is 4.74 Å². The minimum absolute atomic E-state index is 0.0102. The van der Waals surface area contributed by atoms with Gasteiger partial charge in [-0.3, -0.25) is 32.6 Å². The zero-order valence-corrected chi connectivity index (χ0v) is 38.9. The lowest BCUT2D eigenvalue weighted by Gasteiger charge is -2.37. The fourth-order valence-corrected chi connectivity index (χ4v) is 10.5. The summed E-state index contributed by atoms with van der Waals surface area (Å²) in [5.41, 5.74) is 0.854. The van der Waals surface area contributed by atoms with E-state index in [1.165, 1.54) is 24.3 Å². The first-order valence-electron chi connectivity index (χ1n) is 20.0. The van der Waals surface area contributed by atoms with E-state index in [1.807, 2.05) is 73.1 Å². The summed E-state index contributed by atoms with van der Waals surface area (Å²) < 4.78 is 87.5. The molecule has 28 heteroatoms. The van der Waals surface area contributed by atoms with Crippen LogP contribution in [0.2, 0.25) is 0 Å². The van der Waals surface area contributed by atoms with Crippen LogP contribution < -0.4 is 45.6 Å². The molecule has 4 heterocycles. The third-order valence-electron chi connectivity index (χ3n) is 10.4. The Morgan fingerprint density at radius 1 is 1.00 bits per heavy atom. The van der Waals surface area contributed by atoms with Gasteiger partial charge in [0.25, 0.3) is 21.2 Å². The number of aryl methyl sites for hydroxylation is 1. The molecular weight excluding hydrogens is 955 g/mol.